The first-order chi connectivity index (χ1) is 19.5. The van der Waals surface area contributed by atoms with Gasteiger partial charge in [-0.1, -0.05) is 24.8 Å². The molecule has 0 aliphatic carbocycles. The molecule has 2 aromatic heterocycles. The van der Waals surface area contributed by atoms with Crippen LogP contribution in [0.25, 0.3) is 33.4 Å². The van der Waals surface area contributed by atoms with Crippen molar-refractivity contribution in [3.63, 3.8) is 0 Å². The molecule has 2 fully saturated rings. The van der Waals surface area contributed by atoms with Gasteiger partial charge in [0.1, 0.15) is 17.8 Å². The van der Waals surface area contributed by atoms with Gasteiger partial charge in [-0.3, -0.25) is 9.59 Å². The molecule has 4 aromatic rings. The molecule has 1 unspecified atom stereocenters. The molecule has 2 saturated heterocycles. The molecular formula is C31H30N6O3. The van der Waals surface area contributed by atoms with Crippen LogP contribution in [0.2, 0.25) is 0 Å². The molecule has 202 valence electrons. The lowest BCUT2D eigenvalue weighted by molar-refractivity contribution is -0.111. The highest BCUT2D eigenvalue weighted by Crippen LogP contribution is 2.46. The van der Waals surface area contributed by atoms with Crippen LogP contribution >= 0.6 is 0 Å². The first-order valence-corrected chi connectivity index (χ1v) is 13.6. The van der Waals surface area contributed by atoms with E-state index < -0.39 is 0 Å². The van der Waals surface area contributed by atoms with Gasteiger partial charge in [-0.25, -0.2) is 9.97 Å². The van der Waals surface area contributed by atoms with E-state index in [1.165, 1.54) is 6.08 Å². The zero-order valence-electron chi connectivity index (χ0n) is 22.4. The minimum Gasteiger partial charge on any atom is -0.379 e. The summed E-state index contributed by atoms with van der Waals surface area (Å²) in [7, 11) is 2.00. The second kappa shape index (κ2) is 9.31. The number of nitrogens with one attached hydrogen (secondary N) is 2. The number of hydrogen-bond acceptors (Lipinski definition) is 6. The highest BCUT2D eigenvalue weighted by atomic mass is 16.5. The number of benzene rings is 2. The van der Waals surface area contributed by atoms with Crippen LogP contribution in [0, 0.1) is 0 Å². The number of anilines is 2. The molecule has 0 saturated carbocycles. The van der Waals surface area contributed by atoms with E-state index in [4.69, 9.17) is 4.74 Å². The fraction of sp³-hybridized carbons (Fsp3) is 0.290. The van der Waals surface area contributed by atoms with Crippen molar-refractivity contribution in [2.24, 2.45) is 7.05 Å². The molecule has 40 heavy (non-hydrogen) atoms. The monoisotopic (exact) mass is 534 g/mol. The van der Waals surface area contributed by atoms with Gasteiger partial charge < -0.3 is 24.8 Å². The number of aryl methyl sites for hydroxylation is 1. The van der Waals surface area contributed by atoms with Crippen molar-refractivity contribution in [3.05, 3.63) is 72.6 Å². The van der Waals surface area contributed by atoms with E-state index >= 15 is 0 Å². The van der Waals surface area contributed by atoms with Crippen molar-refractivity contribution in [2.75, 3.05) is 30.4 Å². The predicted octanol–water partition coefficient (Wildman–Crippen LogP) is 4.75. The number of rotatable bonds is 4. The second-order valence-corrected chi connectivity index (χ2v) is 10.8. The average molecular weight is 535 g/mol. The number of carbonyl (C=O) groups is 2. The van der Waals surface area contributed by atoms with Crippen LogP contribution in [0.4, 0.5) is 11.5 Å². The summed E-state index contributed by atoms with van der Waals surface area (Å²) in [5, 5.41) is 7.24. The van der Waals surface area contributed by atoms with Gasteiger partial charge in [0, 0.05) is 43.6 Å². The lowest BCUT2D eigenvalue weighted by Crippen LogP contribution is -2.47. The van der Waals surface area contributed by atoms with Crippen molar-refractivity contribution in [1.82, 2.24) is 19.4 Å². The number of likely N-dealkylation sites (tertiary alicyclic amines) is 1. The third-order valence-electron chi connectivity index (χ3n) is 8.57. The van der Waals surface area contributed by atoms with Crippen molar-refractivity contribution in [1.29, 1.82) is 0 Å². The molecule has 0 bridgehead atoms. The van der Waals surface area contributed by atoms with Crippen LogP contribution in [0.5, 0.6) is 0 Å². The summed E-state index contributed by atoms with van der Waals surface area (Å²) in [5.41, 5.74) is 7.11. The summed E-state index contributed by atoms with van der Waals surface area (Å²) in [5.74, 6) is 0.583. The first kappa shape index (κ1) is 24.5. The van der Waals surface area contributed by atoms with Crippen molar-refractivity contribution >= 4 is 34.4 Å². The van der Waals surface area contributed by atoms with Crippen LogP contribution in [-0.4, -0.2) is 56.5 Å². The lowest BCUT2D eigenvalue weighted by Gasteiger charge is -2.34. The zero-order valence-corrected chi connectivity index (χ0v) is 22.4. The normalized spacial score (nSPS) is 19.4. The average Bonchev–Trinajstić information content (AvgIpc) is 3.67. The Bertz CT molecular complexity index is 1680. The molecule has 2 N–H and O–H groups in total. The van der Waals surface area contributed by atoms with Crippen LogP contribution in [0.3, 0.4) is 0 Å². The number of aromatic nitrogens is 3. The van der Waals surface area contributed by atoms with Gasteiger partial charge in [0.25, 0.3) is 5.91 Å². The van der Waals surface area contributed by atoms with Gasteiger partial charge in [-0.05, 0) is 66.3 Å². The van der Waals surface area contributed by atoms with Gasteiger partial charge >= 0.3 is 0 Å². The standard InChI is InChI=1S/C31H30N6O3/c1-3-24(38)35-22-8-5-19(6-9-22)27-25-23-10-7-20(30(39)37-13-4-11-31(37)12-14-40-17-31)15-21(23)16-32-28-26(25)29(36(27)2)34-18-33-28/h3,5-10,15,18H,1,4,11-14,16-17H2,2H3,(H,35,38)(H,32,33,34). The minimum absolute atomic E-state index is 0.0722. The predicted molar refractivity (Wildman–Crippen MR) is 154 cm³/mol. The van der Waals surface area contributed by atoms with Crippen LogP contribution in [-0.2, 0) is 23.1 Å². The third-order valence-corrected chi connectivity index (χ3v) is 8.57. The number of carbonyl (C=O) groups excluding carboxylic acids is 2. The molecule has 9 heteroatoms. The highest BCUT2D eigenvalue weighted by molar-refractivity contribution is 6.10. The number of hydrogen-bond donors (Lipinski definition) is 2. The van der Waals surface area contributed by atoms with Crippen molar-refractivity contribution in [2.45, 2.75) is 31.3 Å². The maximum atomic E-state index is 13.8. The van der Waals surface area contributed by atoms with Gasteiger partial charge in [-0.2, -0.15) is 0 Å². The molecule has 2 amide bonds. The van der Waals surface area contributed by atoms with E-state index in [1.54, 1.807) is 6.33 Å². The number of fused-ring (bicyclic) bond motifs is 2. The molecule has 0 radical (unpaired) electrons. The molecule has 2 aromatic carbocycles. The minimum atomic E-state index is -0.255. The number of nitrogens with zero attached hydrogens (tertiary/aromatic N) is 4. The maximum absolute atomic E-state index is 13.8. The van der Waals surface area contributed by atoms with Gasteiger partial charge in [0.05, 0.1) is 23.2 Å². The molecule has 7 rings (SSSR count). The van der Waals surface area contributed by atoms with E-state index in [2.05, 4.69) is 37.8 Å². The van der Waals surface area contributed by atoms with E-state index in [0.717, 1.165) is 70.6 Å². The second-order valence-electron chi connectivity index (χ2n) is 10.8. The molecule has 3 aliphatic rings. The summed E-state index contributed by atoms with van der Waals surface area (Å²) in [6.07, 6.45) is 5.74. The van der Waals surface area contributed by atoms with E-state index in [-0.39, 0.29) is 17.4 Å². The Hall–Kier alpha value is -4.50. The Morgan fingerprint density at radius 1 is 1.15 bits per heavy atom. The SMILES string of the molecule is C=CC(=O)Nc1ccc(-c2c3c4c(ncnc4n2C)NCc2cc(C(=O)N4CCCC45CCOC5)ccc2-3)cc1. The fourth-order valence-corrected chi connectivity index (χ4v) is 6.61. The van der Waals surface area contributed by atoms with Crippen molar-refractivity contribution < 1.29 is 14.3 Å². The smallest absolute Gasteiger partial charge is 0.254 e. The Morgan fingerprint density at radius 3 is 2.77 bits per heavy atom. The van der Waals surface area contributed by atoms with Gasteiger partial charge in [0.15, 0.2) is 0 Å². The Labute approximate surface area is 231 Å². The van der Waals surface area contributed by atoms with E-state index in [0.29, 0.717) is 31.0 Å². The molecule has 5 heterocycles. The van der Waals surface area contributed by atoms with Crippen LogP contribution in [0.1, 0.15) is 35.2 Å². The summed E-state index contributed by atoms with van der Waals surface area (Å²) < 4.78 is 7.80. The van der Waals surface area contributed by atoms with E-state index in [1.807, 2.05) is 48.3 Å². The number of ether oxygens (including phenoxy) is 1. The zero-order chi connectivity index (χ0) is 27.4. The molecule has 9 nitrogen and oxygen atoms in total. The van der Waals surface area contributed by atoms with Gasteiger partial charge in [-0.15, -0.1) is 0 Å². The topological polar surface area (TPSA) is 101 Å². The number of amides is 2. The molecule has 1 atom stereocenters. The largest absolute Gasteiger partial charge is 0.379 e. The Morgan fingerprint density at radius 2 is 2.00 bits per heavy atom. The summed E-state index contributed by atoms with van der Waals surface area (Å²) >= 11 is 0. The fourth-order valence-electron chi connectivity index (χ4n) is 6.61. The summed E-state index contributed by atoms with van der Waals surface area (Å²) in [4.78, 5) is 36.8. The van der Waals surface area contributed by atoms with Gasteiger partial charge in [0.2, 0.25) is 5.91 Å². The first-order valence-electron chi connectivity index (χ1n) is 13.6. The summed E-state index contributed by atoms with van der Waals surface area (Å²) in [6.45, 7) is 6.17. The Balaban J connectivity index is 1.33. The van der Waals surface area contributed by atoms with Crippen molar-refractivity contribution in [3.8, 4) is 22.4 Å². The summed E-state index contributed by atoms with van der Waals surface area (Å²) in [6, 6.07) is 13.8. The van der Waals surface area contributed by atoms with Crippen LogP contribution < -0.4 is 10.6 Å². The third kappa shape index (κ3) is 3.72. The van der Waals surface area contributed by atoms with Crippen LogP contribution in [0.15, 0.2) is 61.4 Å². The quantitative estimate of drug-likeness (QED) is 0.367. The lowest BCUT2D eigenvalue weighted by atomic mass is 9.92. The molecule has 3 aliphatic heterocycles. The maximum Gasteiger partial charge on any atom is 0.254 e. The van der Waals surface area contributed by atoms with E-state index in [9.17, 15) is 9.59 Å². The molecular weight excluding hydrogens is 504 g/mol. The Kier molecular flexibility index (Phi) is 5.71. The highest BCUT2D eigenvalue weighted by Gasteiger charge is 2.46. The molecule has 1 spiro atoms.